The van der Waals surface area contributed by atoms with Crippen LogP contribution in [0.1, 0.15) is 22.8 Å². The van der Waals surface area contributed by atoms with Crippen molar-refractivity contribution in [3.8, 4) is 0 Å². The van der Waals surface area contributed by atoms with Crippen LogP contribution in [0.15, 0.2) is 18.2 Å². The Morgan fingerprint density at radius 1 is 1.32 bits per heavy atom. The summed E-state index contributed by atoms with van der Waals surface area (Å²) in [6.07, 6.45) is 0. The van der Waals surface area contributed by atoms with Crippen LogP contribution < -0.4 is 10.6 Å². The third kappa shape index (κ3) is 4.85. The van der Waals surface area contributed by atoms with E-state index in [0.29, 0.717) is 12.1 Å². The van der Waals surface area contributed by atoms with Gasteiger partial charge in [0.2, 0.25) is 0 Å². The van der Waals surface area contributed by atoms with E-state index in [9.17, 15) is 24.5 Å². The molecule has 0 spiro atoms. The lowest BCUT2D eigenvalue weighted by Gasteiger charge is -2.06. The van der Waals surface area contributed by atoms with Crippen LogP contribution in [0.4, 0.5) is 10.5 Å². The minimum absolute atomic E-state index is 0.0527. The Labute approximate surface area is 125 Å². The quantitative estimate of drug-likeness (QED) is 0.472. The summed E-state index contributed by atoms with van der Waals surface area (Å²) < 4.78 is 4.69. The summed E-state index contributed by atoms with van der Waals surface area (Å²) in [5, 5.41) is 15.1. The first kappa shape index (κ1) is 17.1. The van der Waals surface area contributed by atoms with Crippen molar-refractivity contribution < 1.29 is 24.0 Å². The smallest absolute Gasteiger partial charge is 0.338 e. The van der Waals surface area contributed by atoms with Crippen LogP contribution in [0, 0.1) is 17.0 Å². The number of benzene rings is 1. The van der Waals surface area contributed by atoms with Crippen LogP contribution in [0.25, 0.3) is 0 Å². The Bertz CT molecular complexity index is 614. The summed E-state index contributed by atoms with van der Waals surface area (Å²) in [6, 6.07) is 3.13. The van der Waals surface area contributed by atoms with Gasteiger partial charge in [-0.15, -0.1) is 0 Å². The molecule has 0 saturated carbocycles. The van der Waals surface area contributed by atoms with Gasteiger partial charge in [0.1, 0.15) is 0 Å². The molecule has 9 nitrogen and oxygen atoms in total. The maximum Gasteiger partial charge on any atom is 0.338 e. The molecule has 0 saturated heterocycles. The molecule has 0 bridgehead atoms. The number of esters is 1. The number of nitrogens with one attached hydrogen (secondary N) is 2. The Balaban J connectivity index is 2.63. The Morgan fingerprint density at radius 3 is 2.59 bits per heavy atom. The van der Waals surface area contributed by atoms with E-state index in [1.165, 1.54) is 19.1 Å². The summed E-state index contributed by atoms with van der Waals surface area (Å²) in [7, 11) is 0. The van der Waals surface area contributed by atoms with E-state index in [1.54, 1.807) is 6.92 Å². The number of nitro groups is 1. The highest BCUT2D eigenvalue weighted by atomic mass is 16.6. The van der Waals surface area contributed by atoms with Crippen LogP contribution in [0.5, 0.6) is 0 Å². The molecule has 9 heteroatoms. The van der Waals surface area contributed by atoms with E-state index in [1.807, 2.05) is 5.32 Å². The fourth-order valence-corrected chi connectivity index (χ4v) is 1.51. The summed E-state index contributed by atoms with van der Waals surface area (Å²) in [5.41, 5.74) is 0.125. The van der Waals surface area contributed by atoms with Crippen molar-refractivity contribution in [1.29, 1.82) is 0 Å². The SMILES string of the molecule is CCNC(=O)NC(=O)COC(=O)c1ccc(C)c([N+](=O)[O-])c1. The molecule has 0 fully saturated rings. The second-order valence-electron chi connectivity index (χ2n) is 4.24. The predicted octanol–water partition coefficient (Wildman–Crippen LogP) is 0.906. The van der Waals surface area contributed by atoms with E-state index < -0.39 is 29.4 Å². The van der Waals surface area contributed by atoms with E-state index in [0.717, 1.165) is 6.07 Å². The van der Waals surface area contributed by atoms with E-state index in [2.05, 4.69) is 10.1 Å². The van der Waals surface area contributed by atoms with Crippen molar-refractivity contribution in [3.63, 3.8) is 0 Å². The molecule has 0 aromatic heterocycles. The number of carbonyl (C=O) groups is 3. The second kappa shape index (κ2) is 7.72. The number of aryl methyl sites for hydroxylation is 1. The average Bonchev–Trinajstić information content (AvgIpc) is 2.45. The largest absolute Gasteiger partial charge is 0.452 e. The van der Waals surface area contributed by atoms with Crippen LogP contribution in [-0.4, -0.2) is 36.0 Å². The zero-order valence-corrected chi connectivity index (χ0v) is 12.0. The molecular weight excluding hydrogens is 294 g/mol. The number of rotatable bonds is 5. The first-order valence-corrected chi connectivity index (χ1v) is 6.35. The third-order valence-electron chi connectivity index (χ3n) is 2.57. The van der Waals surface area contributed by atoms with Crippen molar-refractivity contribution in [2.24, 2.45) is 0 Å². The fourth-order valence-electron chi connectivity index (χ4n) is 1.51. The van der Waals surface area contributed by atoms with Gasteiger partial charge in [-0.05, 0) is 19.9 Å². The molecule has 0 aliphatic carbocycles. The van der Waals surface area contributed by atoms with Gasteiger partial charge in [0.15, 0.2) is 6.61 Å². The number of carbonyl (C=O) groups excluding carboxylic acids is 3. The monoisotopic (exact) mass is 309 g/mol. The number of hydrogen-bond acceptors (Lipinski definition) is 6. The highest BCUT2D eigenvalue weighted by molar-refractivity contribution is 5.97. The molecule has 3 amide bonds. The summed E-state index contributed by atoms with van der Waals surface area (Å²) in [6.45, 7) is 2.88. The standard InChI is InChI=1S/C13H15N3O6/c1-3-14-13(19)15-11(17)7-22-12(18)9-5-4-8(2)10(6-9)16(20)21/h4-6H,3,7H2,1-2H3,(H2,14,15,17,19). The molecule has 118 valence electrons. The number of urea groups is 1. The molecule has 1 aromatic carbocycles. The first-order chi connectivity index (χ1) is 10.3. The summed E-state index contributed by atoms with van der Waals surface area (Å²) in [4.78, 5) is 44.3. The summed E-state index contributed by atoms with van der Waals surface area (Å²) in [5.74, 6) is -1.70. The Morgan fingerprint density at radius 2 is 2.00 bits per heavy atom. The van der Waals surface area contributed by atoms with Crippen molar-refractivity contribution in [3.05, 3.63) is 39.4 Å². The maximum absolute atomic E-state index is 11.7. The van der Waals surface area contributed by atoms with Gasteiger partial charge in [0.05, 0.1) is 10.5 Å². The number of nitrogens with zero attached hydrogens (tertiary/aromatic N) is 1. The molecule has 0 radical (unpaired) electrons. The number of hydrogen-bond donors (Lipinski definition) is 2. The van der Waals surface area contributed by atoms with Gasteiger partial charge in [0.25, 0.3) is 11.6 Å². The van der Waals surface area contributed by atoms with Gasteiger partial charge >= 0.3 is 12.0 Å². The number of nitro benzene ring substituents is 1. The lowest BCUT2D eigenvalue weighted by atomic mass is 10.1. The van der Waals surface area contributed by atoms with Gasteiger partial charge in [-0.1, -0.05) is 6.07 Å². The Hall–Kier alpha value is -2.97. The topological polar surface area (TPSA) is 128 Å². The summed E-state index contributed by atoms with van der Waals surface area (Å²) >= 11 is 0. The van der Waals surface area contributed by atoms with Crippen molar-refractivity contribution in [2.75, 3.05) is 13.2 Å². The van der Waals surface area contributed by atoms with Crippen molar-refractivity contribution in [1.82, 2.24) is 10.6 Å². The van der Waals surface area contributed by atoms with Crippen molar-refractivity contribution >= 4 is 23.6 Å². The lowest BCUT2D eigenvalue weighted by Crippen LogP contribution is -2.41. The molecule has 0 aliphatic heterocycles. The molecule has 0 heterocycles. The molecule has 22 heavy (non-hydrogen) atoms. The number of imide groups is 1. The van der Waals surface area contributed by atoms with Gasteiger partial charge in [-0.25, -0.2) is 9.59 Å². The highest BCUT2D eigenvalue weighted by Crippen LogP contribution is 2.19. The first-order valence-electron chi connectivity index (χ1n) is 6.35. The zero-order chi connectivity index (χ0) is 16.7. The van der Waals surface area contributed by atoms with Crippen LogP contribution in [-0.2, 0) is 9.53 Å². The minimum atomic E-state index is -0.894. The highest BCUT2D eigenvalue weighted by Gasteiger charge is 2.17. The molecule has 0 aliphatic rings. The Kier molecular flexibility index (Phi) is 5.99. The van der Waals surface area contributed by atoms with Crippen LogP contribution >= 0.6 is 0 Å². The lowest BCUT2D eigenvalue weighted by molar-refractivity contribution is -0.385. The molecule has 0 atom stereocenters. The molecular formula is C13H15N3O6. The second-order valence-corrected chi connectivity index (χ2v) is 4.24. The van der Waals surface area contributed by atoms with Gasteiger partial charge < -0.3 is 10.1 Å². The number of amides is 3. The van der Waals surface area contributed by atoms with E-state index in [-0.39, 0.29) is 11.3 Å². The predicted molar refractivity (Wildman–Crippen MR) is 75.3 cm³/mol. The van der Waals surface area contributed by atoms with Gasteiger partial charge in [-0.3, -0.25) is 20.2 Å². The number of ether oxygens (including phenoxy) is 1. The minimum Gasteiger partial charge on any atom is -0.452 e. The van der Waals surface area contributed by atoms with Crippen LogP contribution in [0.2, 0.25) is 0 Å². The van der Waals surface area contributed by atoms with Gasteiger partial charge in [-0.2, -0.15) is 0 Å². The average molecular weight is 309 g/mol. The molecule has 2 N–H and O–H groups in total. The zero-order valence-electron chi connectivity index (χ0n) is 12.0. The maximum atomic E-state index is 11.7. The van der Waals surface area contributed by atoms with E-state index >= 15 is 0 Å². The van der Waals surface area contributed by atoms with Gasteiger partial charge in [0, 0.05) is 18.2 Å². The molecule has 1 aromatic rings. The molecule has 1 rings (SSSR count). The fraction of sp³-hybridized carbons (Fsp3) is 0.308. The van der Waals surface area contributed by atoms with Crippen LogP contribution in [0.3, 0.4) is 0 Å². The molecule has 0 unspecified atom stereocenters. The normalized spacial score (nSPS) is 9.73. The third-order valence-corrected chi connectivity index (χ3v) is 2.57. The van der Waals surface area contributed by atoms with Crippen molar-refractivity contribution in [2.45, 2.75) is 13.8 Å². The van der Waals surface area contributed by atoms with E-state index in [4.69, 9.17) is 0 Å².